The minimum absolute atomic E-state index is 0.0651. The average Bonchev–Trinajstić information content (AvgIpc) is 2.88. The van der Waals surface area contributed by atoms with Gasteiger partial charge in [-0.15, -0.1) is 5.10 Å². The average molecular weight is 255 g/mol. The molecule has 0 saturated carbocycles. The molecule has 1 atom stereocenters. The van der Waals surface area contributed by atoms with Crippen LogP contribution in [0.2, 0.25) is 0 Å². The fourth-order valence-electron chi connectivity index (χ4n) is 1.91. The van der Waals surface area contributed by atoms with Crippen LogP contribution in [-0.2, 0) is 0 Å². The molecule has 0 bridgehead atoms. The van der Waals surface area contributed by atoms with Gasteiger partial charge in [-0.2, -0.15) is 4.52 Å². The fourth-order valence-corrected chi connectivity index (χ4v) is 1.91. The van der Waals surface area contributed by atoms with E-state index < -0.39 is 0 Å². The monoisotopic (exact) mass is 255 g/mol. The highest BCUT2D eigenvalue weighted by molar-refractivity contribution is 5.62. The minimum atomic E-state index is -0.0651. The van der Waals surface area contributed by atoms with Gasteiger partial charge in [0.2, 0.25) is 0 Å². The van der Waals surface area contributed by atoms with Crippen LogP contribution in [0.5, 0.6) is 0 Å². The molecule has 3 aromatic rings. The van der Waals surface area contributed by atoms with E-state index in [1.54, 1.807) is 16.9 Å². The van der Waals surface area contributed by atoms with Crippen molar-refractivity contribution in [1.29, 1.82) is 0 Å². The van der Waals surface area contributed by atoms with Gasteiger partial charge in [-0.25, -0.2) is 0 Å². The van der Waals surface area contributed by atoms with Crippen LogP contribution in [0.1, 0.15) is 18.5 Å². The molecular formula is C12H13N7. The highest BCUT2D eigenvalue weighted by Gasteiger charge is 2.09. The summed E-state index contributed by atoms with van der Waals surface area (Å²) in [5.41, 5.74) is 8.48. The Bertz CT molecular complexity index is 704. The second-order valence-electron chi connectivity index (χ2n) is 4.24. The number of anilines is 2. The second-order valence-corrected chi connectivity index (χ2v) is 4.24. The lowest BCUT2D eigenvalue weighted by Gasteiger charge is -2.14. The summed E-state index contributed by atoms with van der Waals surface area (Å²) in [6.45, 7) is 1.94. The number of hydrogen-bond acceptors (Lipinski definition) is 6. The van der Waals surface area contributed by atoms with Crippen molar-refractivity contribution in [3.63, 3.8) is 0 Å². The van der Waals surface area contributed by atoms with Gasteiger partial charge >= 0.3 is 0 Å². The third kappa shape index (κ3) is 2.11. The molecule has 0 fully saturated rings. The number of benzene rings is 1. The van der Waals surface area contributed by atoms with Crippen LogP contribution in [0.25, 0.3) is 5.65 Å². The molecule has 7 nitrogen and oxygen atoms in total. The van der Waals surface area contributed by atoms with Crippen LogP contribution in [0.15, 0.2) is 36.7 Å². The molecule has 0 aliphatic heterocycles. The molecule has 0 spiro atoms. The van der Waals surface area contributed by atoms with Gasteiger partial charge in [-0.3, -0.25) is 4.98 Å². The van der Waals surface area contributed by atoms with Crippen molar-refractivity contribution < 1.29 is 0 Å². The van der Waals surface area contributed by atoms with Gasteiger partial charge in [0.15, 0.2) is 11.5 Å². The van der Waals surface area contributed by atoms with Crippen molar-refractivity contribution in [2.45, 2.75) is 13.0 Å². The Kier molecular flexibility index (Phi) is 2.81. The van der Waals surface area contributed by atoms with Crippen LogP contribution in [0.3, 0.4) is 0 Å². The van der Waals surface area contributed by atoms with Gasteiger partial charge in [0, 0.05) is 11.7 Å². The summed E-state index contributed by atoms with van der Waals surface area (Å²) >= 11 is 0. The maximum atomic E-state index is 5.96. The van der Waals surface area contributed by atoms with E-state index in [0.717, 1.165) is 11.3 Å². The largest absolute Gasteiger partial charge is 0.338 e. The van der Waals surface area contributed by atoms with E-state index in [-0.39, 0.29) is 6.04 Å². The Morgan fingerprint density at radius 3 is 2.95 bits per heavy atom. The molecule has 0 amide bonds. The molecule has 0 aliphatic rings. The minimum Gasteiger partial charge on any atom is -0.338 e. The smallest absolute Gasteiger partial charge is 0.199 e. The van der Waals surface area contributed by atoms with Crippen molar-refractivity contribution in [3.05, 3.63) is 42.2 Å². The van der Waals surface area contributed by atoms with Crippen LogP contribution < -0.4 is 11.1 Å². The van der Waals surface area contributed by atoms with Crippen molar-refractivity contribution in [2.24, 2.45) is 5.73 Å². The summed E-state index contributed by atoms with van der Waals surface area (Å²) in [6.07, 6.45) is 3.27. The SMILES string of the molecule is CC(N)c1ccccc1Nc1cncc2nnnn12. The Morgan fingerprint density at radius 2 is 2.11 bits per heavy atom. The van der Waals surface area contributed by atoms with E-state index in [1.807, 2.05) is 31.2 Å². The molecular weight excluding hydrogens is 242 g/mol. The molecule has 0 saturated heterocycles. The third-order valence-corrected chi connectivity index (χ3v) is 2.82. The van der Waals surface area contributed by atoms with E-state index in [9.17, 15) is 0 Å². The first-order valence-corrected chi connectivity index (χ1v) is 5.89. The van der Waals surface area contributed by atoms with Gasteiger partial charge in [0.1, 0.15) is 0 Å². The zero-order valence-electron chi connectivity index (χ0n) is 10.4. The number of aromatic nitrogens is 5. The van der Waals surface area contributed by atoms with E-state index in [1.165, 1.54) is 0 Å². The van der Waals surface area contributed by atoms with Crippen LogP contribution in [-0.4, -0.2) is 25.0 Å². The Morgan fingerprint density at radius 1 is 1.26 bits per heavy atom. The normalized spacial score (nSPS) is 12.5. The Hall–Kier alpha value is -2.54. The van der Waals surface area contributed by atoms with Crippen LogP contribution >= 0.6 is 0 Å². The lowest BCUT2D eigenvalue weighted by molar-refractivity contribution is 0.814. The van der Waals surface area contributed by atoms with Crippen molar-refractivity contribution in [1.82, 2.24) is 25.0 Å². The zero-order valence-corrected chi connectivity index (χ0v) is 10.4. The number of para-hydroxylation sites is 1. The van der Waals surface area contributed by atoms with Gasteiger partial charge in [0.25, 0.3) is 0 Å². The Labute approximate surface area is 109 Å². The molecule has 19 heavy (non-hydrogen) atoms. The number of rotatable bonds is 3. The molecule has 2 heterocycles. The molecule has 96 valence electrons. The van der Waals surface area contributed by atoms with Gasteiger partial charge in [0.05, 0.1) is 12.4 Å². The topological polar surface area (TPSA) is 94.0 Å². The fraction of sp³-hybridized carbons (Fsp3) is 0.167. The molecule has 7 heteroatoms. The zero-order chi connectivity index (χ0) is 13.2. The summed E-state index contributed by atoms with van der Waals surface area (Å²) in [5.74, 6) is 0.690. The first kappa shape index (κ1) is 11.5. The maximum Gasteiger partial charge on any atom is 0.199 e. The molecule has 2 aromatic heterocycles. The number of hydrogen-bond donors (Lipinski definition) is 2. The predicted octanol–water partition coefficient (Wildman–Crippen LogP) is 1.28. The second kappa shape index (κ2) is 4.62. The molecule has 3 N–H and O–H groups in total. The summed E-state index contributed by atoms with van der Waals surface area (Å²) < 4.78 is 1.59. The summed E-state index contributed by atoms with van der Waals surface area (Å²) in [6, 6.07) is 7.79. The molecule has 1 aromatic carbocycles. The van der Waals surface area contributed by atoms with E-state index >= 15 is 0 Å². The lowest BCUT2D eigenvalue weighted by atomic mass is 10.1. The standard InChI is InChI=1S/C12H13N7/c1-8(13)9-4-2-3-5-10(9)15-11-6-14-7-12-16-17-18-19(11)12/h2-8,15H,13H2,1H3. The van der Waals surface area contributed by atoms with Gasteiger partial charge in [-0.1, -0.05) is 18.2 Å². The van der Waals surface area contributed by atoms with Crippen molar-refractivity contribution >= 4 is 17.2 Å². The lowest BCUT2D eigenvalue weighted by Crippen LogP contribution is -2.09. The van der Waals surface area contributed by atoms with Gasteiger partial charge < -0.3 is 11.1 Å². The number of tetrazole rings is 1. The van der Waals surface area contributed by atoms with E-state index in [2.05, 4.69) is 25.8 Å². The van der Waals surface area contributed by atoms with Crippen molar-refractivity contribution in [2.75, 3.05) is 5.32 Å². The van der Waals surface area contributed by atoms with Crippen LogP contribution in [0.4, 0.5) is 11.5 Å². The summed E-state index contributed by atoms with van der Waals surface area (Å²) in [4.78, 5) is 4.10. The number of fused-ring (bicyclic) bond motifs is 1. The quantitative estimate of drug-likeness (QED) is 0.732. The van der Waals surface area contributed by atoms with Crippen LogP contribution in [0, 0.1) is 0 Å². The third-order valence-electron chi connectivity index (χ3n) is 2.82. The molecule has 1 unspecified atom stereocenters. The summed E-state index contributed by atoms with van der Waals surface area (Å²) in [5, 5.41) is 14.6. The number of nitrogens with zero attached hydrogens (tertiary/aromatic N) is 5. The van der Waals surface area contributed by atoms with E-state index in [4.69, 9.17) is 5.73 Å². The predicted molar refractivity (Wildman–Crippen MR) is 70.9 cm³/mol. The van der Waals surface area contributed by atoms with E-state index in [0.29, 0.717) is 11.5 Å². The maximum absolute atomic E-state index is 5.96. The van der Waals surface area contributed by atoms with Gasteiger partial charge in [-0.05, 0) is 29.0 Å². The number of nitrogens with one attached hydrogen (secondary N) is 1. The van der Waals surface area contributed by atoms with Crippen molar-refractivity contribution in [3.8, 4) is 0 Å². The summed E-state index contributed by atoms with van der Waals surface area (Å²) in [7, 11) is 0. The molecule has 3 rings (SSSR count). The highest BCUT2D eigenvalue weighted by Crippen LogP contribution is 2.24. The number of nitrogens with two attached hydrogens (primary N) is 1. The first-order chi connectivity index (χ1) is 9.25. The highest BCUT2D eigenvalue weighted by atomic mass is 15.5. The molecule has 0 radical (unpaired) electrons. The molecule has 0 aliphatic carbocycles. The first-order valence-electron chi connectivity index (χ1n) is 5.89. The Balaban J connectivity index is 2.04.